The minimum atomic E-state index is -6.09. The number of alkyl halides is 3. The zero-order valence-electron chi connectivity index (χ0n) is 17.5. The third-order valence-corrected chi connectivity index (χ3v) is 5.54. The van der Waals surface area contributed by atoms with Crippen LogP contribution < -0.4 is 4.57 Å². The highest BCUT2D eigenvalue weighted by atomic mass is 32.2. The van der Waals surface area contributed by atoms with Crippen molar-refractivity contribution in [1.29, 1.82) is 0 Å². The molecule has 0 aliphatic carbocycles. The van der Waals surface area contributed by atoms with Gasteiger partial charge in [-0.05, 0) is 42.3 Å². The molecule has 4 aromatic rings. The number of pyridine rings is 2. The maximum atomic E-state index is 10.7. The van der Waals surface area contributed by atoms with E-state index in [2.05, 4.69) is 66.0 Å². The molecule has 0 fully saturated rings. The number of aromatic hydroxyl groups is 1. The molecule has 0 saturated heterocycles. The smallest absolute Gasteiger partial charge is 0.485 e. The van der Waals surface area contributed by atoms with Gasteiger partial charge in [-0.3, -0.25) is 4.98 Å². The number of aromatic nitrogens is 2. The predicted octanol–water partition coefficient (Wildman–Crippen LogP) is 4.45. The first-order valence-corrected chi connectivity index (χ1v) is 11.0. The molecule has 0 radical (unpaired) electrons. The summed E-state index contributed by atoms with van der Waals surface area (Å²) in [7, 11) is -4.01. The molecule has 0 spiro atoms. The molecular formula is C23H19F3N2O4S. The molecule has 0 aliphatic rings. The molecule has 2 aromatic carbocycles. The molecule has 2 heterocycles. The predicted molar refractivity (Wildman–Crippen MR) is 118 cm³/mol. The number of hydrogen-bond donors (Lipinski definition) is 1. The summed E-state index contributed by atoms with van der Waals surface area (Å²) in [6.07, 6.45) is 5.86. The van der Waals surface area contributed by atoms with E-state index in [-0.39, 0.29) is 5.75 Å². The first-order chi connectivity index (χ1) is 15.4. The lowest BCUT2D eigenvalue weighted by Crippen LogP contribution is -2.32. The highest BCUT2D eigenvalue weighted by molar-refractivity contribution is 7.86. The number of benzene rings is 2. The second kappa shape index (κ2) is 9.16. The Morgan fingerprint density at radius 2 is 1.70 bits per heavy atom. The van der Waals surface area contributed by atoms with E-state index in [1.54, 1.807) is 12.3 Å². The fourth-order valence-electron chi connectivity index (χ4n) is 3.26. The lowest BCUT2D eigenvalue weighted by molar-refractivity contribution is -0.646. The van der Waals surface area contributed by atoms with Crippen molar-refractivity contribution < 1.29 is 35.8 Å². The van der Waals surface area contributed by atoms with Gasteiger partial charge in [0.05, 0.1) is 0 Å². The number of fused-ring (bicyclic) bond motifs is 2. The molecule has 0 aliphatic heterocycles. The van der Waals surface area contributed by atoms with Crippen molar-refractivity contribution in [2.24, 2.45) is 7.05 Å². The van der Waals surface area contributed by atoms with E-state index in [9.17, 15) is 18.3 Å². The Morgan fingerprint density at radius 1 is 1.00 bits per heavy atom. The van der Waals surface area contributed by atoms with Crippen molar-refractivity contribution in [1.82, 2.24) is 4.98 Å². The minimum absolute atomic E-state index is 0.208. The van der Waals surface area contributed by atoms with E-state index >= 15 is 0 Å². The van der Waals surface area contributed by atoms with Gasteiger partial charge >= 0.3 is 5.51 Å². The van der Waals surface area contributed by atoms with Crippen LogP contribution >= 0.6 is 0 Å². The maximum Gasteiger partial charge on any atom is 0.485 e. The van der Waals surface area contributed by atoms with Crippen LogP contribution in [0.25, 0.3) is 34.0 Å². The van der Waals surface area contributed by atoms with E-state index in [1.165, 1.54) is 16.5 Å². The third-order valence-electron chi connectivity index (χ3n) is 4.97. The summed E-state index contributed by atoms with van der Waals surface area (Å²) < 4.78 is 61.1. The van der Waals surface area contributed by atoms with Gasteiger partial charge in [0, 0.05) is 35.2 Å². The van der Waals surface area contributed by atoms with Gasteiger partial charge in [-0.15, -0.1) is 0 Å². The maximum absolute atomic E-state index is 10.7. The van der Waals surface area contributed by atoms with Gasteiger partial charge in [0.25, 0.3) is 0 Å². The Balaban J connectivity index is 0.000000331. The molecule has 6 nitrogen and oxygen atoms in total. The average molecular weight is 476 g/mol. The molecule has 0 unspecified atom stereocenters. The second-order valence-corrected chi connectivity index (χ2v) is 8.50. The molecule has 0 bridgehead atoms. The van der Waals surface area contributed by atoms with Gasteiger partial charge < -0.3 is 9.66 Å². The van der Waals surface area contributed by atoms with Crippen LogP contribution in [0.3, 0.4) is 0 Å². The van der Waals surface area contributed by atoms with Gasteiger partial charge in [-0.25, -0.2) is 8.42 Å². The Hall–Kier alpha value is -3.50. The van der Waals surface area contributed by atoms with Crippen LogP contribution in [0.4, 0.5) is 13.2 Å². The summed E-state index contributed by atoms with van der Waals surface area (Å²) in [5.41, 5.74) is -0.386. The molecule has 0 atom stereocenters. The Bertz CT molecular complexity index is 1470. The van der Waals surface area contributed by atoms with Crippen LogP contribution in [-0.4, -0.2) is 28.6 Å². The van der Waals surface area contributed by atoms with Crippen LogP contribution in [0, 0.1) is 6.92 Å². The topological polar surface area (TPSA) is 94.2 Å². The van der Waals surface area contributed by atoms with Crippen LogP contribution in [0.15, 0.2) is 60.8 Å². The fourth-order valence-corrected chi connectivity index (χ4v) is 3.26. The molecule has 10 heteroatoms. The average Bonchev–Trinajstić information content (AvgIpc) is 2.74. The van der Waals surface area contributed by atoms with Crippen molar-refractivity contribution in [3.05, 3.63) is 77.6 Å². The highest BCUT2D eigenvalue weighted by Gasteiger charge is 2.36. The van der Waals surface area contributed by atoms with Crippen molar-refractivity contribution >= 4 is 44.1 Å². The number of phenols is 1. The lowest BCUT2D eigenvalue weighted by Gasteiger charge is -2.08. The van der Waals surface area contributed by atoms with E-state index in [1.807, 2.05) is 18.2 Å². The molecular weight excluding hydrogens is 457 g/mol. The lowest BCUT2D eigenvalue weighted by atomic mass is 10.1. The standard InChI is InChI=1S/C22H18N2O.CHF3O3S/c1-15-5-3-7-20-18(15)12-11-17(24(20)2)10-8-16-9-13-21(25)22-19(16)6-4-14-23-22;2-1(3,4)8(5,6)7/h3-14H,1-2H3;(H,5,6,7). The number of nitrogens with zero attached hydrogens (tertiary/aromatic N) is 2. The zero-order chi connectivity index (χ0) is 24.4. The number of hydrogen-bond acceptors (Lipinski definition) is 5. The van der Waals surface area contributed by atoms with Gasteiger partial charge in [-0.2, -0.15) is 17.7 Å². The molecule has 1 N–H and O–H groups in total. The highest BCUT2D eigenvalue weighted by Crippen LogP contribution is 2.26. The summed E-state index contributed by atoms with van der Waals surface area (Å²) in [6.45, 7) is 2.13. The first kappa shape index (κ1) is 24.1. The van der Waals surface area contributed by atoms with Crippen LogP contribution in [0.5, 0.6) is 5.75 Å². The number of phenolic OH excluding ortho intramolecular Hbond substituents is 1. The SMILES string of the molecule is Cc1cccc2c1ccc(C=Cc1ccc(O)c3ncccc13)[n+]2C.O=S(=O)([O-])C(F)(F)F. The summed E-state index contributed by atoms with van der Waals surface area (Å²) in [6, 6.07) is 18.1. The van der Waals surface area contributed by atoms with Gasteiger partial charge in [0.1, 0.15) is 18.3 Å². The van der Waals surface area contributed by atoms with Gasteiger partial charge in [0.2, 0.25) is 11.2 Å². The minimum Gasteiger partial charge on any atom is -0.741 e. The summed E-state index contributed by atoms with van der Waals surface area (Å²) >= 11 is 0. The van der Waals surface area contributed by atoms with E-state index in [4.69, 9.17) is 13.0 Å². The van der Waals surface area contributed by atoms with Crippen molar-refractivity contribution in [2.45, 2.75) is 12.4 Å². The Kier molecular flexibility index (Phi) is 6.71. The number of rotatable bonds is 2. The fraction of sp³-hybridized carbons (Fsp3) is 0.130. The van der Waals surface area contributed by atoms with Crippen LogP contribution in [0.1, 0.15) is 16.8 Å². The number of halogens is 3. The zero-order valence-corrected chi connectivity index (χ0v) is 18.4. The van der Waals surface area contributed by atoms with Crippen molar-refractivity contribution in [3.63, 3.8) is 0 Å². The van der Waals surface area contributed by atoms with E-state index in [0.29, 0.717) is 5.52 Å². The summed E-state index contributed by atoms with van der Waals surface area (Å²) in [4.78, 5) is 4.28. The second-order valence-electron chi connectivity index (χ2n) is 7.13. The Morgan fingerprint density at radius 3 is 2.36 bits per heavy atom. The summed E-state index contributed by atoms with van der Waals surface area (Å²) in [5.74, 6) is 0.208. The molecule has 0 saturated carbocycles. The normalized spacial score (nSPS) is 12.2. The molecule has 172 valence electrons. The largest absolute Gasteiger partial charge is 0.741 e. The molecule has 0 amide bonds. The Labute approximate surface area is 188 Å². The van der Waals surface area contributed by atoms with Crippen molar-refractivity contribution in [3.8, 4) is 5.75 Å². The van der Waals surface area contributed by atoms with Crippen LogP contribution in [-0.2, 0) is 17.2 Å². The molecule has 4 rings (SSSR count). The number of aryl methyl sites for hydroxylation is 2. The van der Waals surface area contributed by atoms with Crippen molar-refractivity contribution in [2.75, 3.05) is 0 Å². The van der Waals surface area contributed by atoms with E-state index < -0.39 is 15.6 Å². The van der Waals surface area contributed by atoms with E-state index in [0.717, 1.165) is 16.6 Å². The molecule has 33 heavy (non-hydrogen) atoms. The first-order valence-electron chi connectivity index (χ1n) is 9.55. The third kappa shape index (κ3) is 5.29. The summed E-state index contributed by atoms with van der Waals surface area (Å²) in [5, 5.41) is 12.2. The molecule has 2 aromatic heterocycles. The monoisotopic (exact) mass is 476 g/mol. The van der Waals surface area contributed by atoms with Crippen LogP contribution in [0.2, 0.25) is 0 Å². The van der Waals surface area contributed by atoms with Gasteiger partial charge in [-0.1, -0.05) is 24.3 Å². The quantitative estimate of drug-likeness (QED) is 0.262. The van der Waals surface area contributed by atoms with Gasteiger partial charge in [0.15, 0.2) is 10.1 Å².